The zero-order chi connectivity index (χ0) is 22.2. The summed E-state index contributed by atoms with van der Waals surface area (Å²) in [6.45, 7) is -0.246. The Bertz CT molecular complexity index is 1200. The molecule has 0 aliphatic heterocycles. The number of aromatic nitrogens is 4. The quantitative estimate of drug-likeness (QED) is 0.238. The van der Waals surface area contributed by atoms with Crippen LogP contribution in [0.15, 0.2) is 83.5 Å². The Morgan fingerprint density at radius 2 is 1.62 bits per heavy atom. The highest BCUT2D eigenvalue weighted by molar-refractivity contribution is 6.15. The Labute approximate surface area is 182 Å². The minimum absolute atomic E-state index is 0.0400. The lowest BCUT2D eigenvalue weighted by Gasteiger charge is -2.10. The zero-order valence-corrected chi connectivity index (χ0v) is 16.8. The number of nitrogens with zero attached hydrogens (tertiary/aromatic N) is 4. The number of tetrazole rings is 1. The van der Waals surface area contributed by atoms with E-state index in [1.165, 1.54) is 17.0 Å². The number of hydrogen-bond acceptors (Lipinski definition) is 8. The van der Waals surface area contributed by atoms with Crippen molar-refractivity contribution < 1.29 is 23.5 Å². The van der Waals surface area contributed by atoms with Crippen molar-refractivity contribution in [2.45, 2.75) is 0 Å². The van der Waals surface area contributed by atoms with Gasteiger partial charge in [0.25, 0.3) is 0 Å². The number of esters is 2. The lowest BCUT2D eigenvalue weighted by Crippen LogP contribution is -2.18. The van der Waals surface area contributed by atoms with Crippen LogP contribution in [0.5, 0.6) is 0 Å². The fraction of sp³-hybridized carbons (Fsp3) is 0.0870. The van der Waals surface area contributed by atoms with Crippen LogP contribution >= 0.6 is 0 Å². The monoisotopic (exact) mass is 430 g/mol. The first kappa shape index (κ1) is 20.7. The maximum Gasteiger partial charge on any atom is 0.357 e. The SMILES string of the molecule is O=C(OCCOC(=O)c1ccccc1)/C(=C/c1ccco1)n1nnnc1-c1ccccc1. The van der Waals surface area contributed by atoms with E-state index in [2.05, 4.69) is 15.5 Å². The van der Waals surface area contributed by atoms with Gasteiger partial charge in [-0.2, -0.15) is 4.68 Å². The highest BCUT2D eigenvalue weighted by Crippen LogP contribution is 2.21. The first-order valence-electron chi connectivity index (χ1n) is 9.71. The number of benzene rings is 2. The molecule has 0 atom stereocenters. The molecule has 4 aromatic rings. The van der Waals surface area contributed by atoms with E-state index in [1.807, 2.05) is 30.3 Å². The molecule has 2 aromatic heterocycles. The highest BCUT2D eigenvalue weighted by Gasteiger charge is 2.21. The highest BCUT2D eigenvalue weighted by atomic mass is 16.6. The molecule has 0 N–H and O–H groups in total. The van der Waals surface area contributed by atoms with Crippen LogP contribution in [0.1, 0.15) is 16.1 Å². The van der Waals surface area contributed by atoms with Gasteiger partial charge in [-0.05, 0) is 34.7 Å². The summed E-state index contributed by atoms with van der Waals surface area (Å²) < 4.78 is 17.1. The van der Waals surface area contributed by atoms with Crippen LogP contribution < -0.4 is 0 Å². The molecular weight excluding hydrogens is 412 g/mol. The van der Waals surface area contributed by atoms with Crippen molar-refractivity contribution in [1.29, 1.82) is 0 Å². The van der Waals surface area contributed by atoms with Crippen LogP contribution in [0.2, 0.25) is 0 Å². The fourth-order valence-electron chi connectivity index (χ4n) is 2.83. The van der Waals surface area contributed by atoms with Crippen molar-refractivity contribution in [1.82, 2.24) is 20.2 Å². The molecule has 0 spiro atoms. The number of hydrogen-bond donors (Lipinski definition) is 0. The third-order valence-corrected chi connectivity index (χ3v) is 4.32. The summed E-state index contributed by atoms with van der Waals surface area (Å²) in [5, 5.41) is 11.7. The van der Waals surface area contributed by atoms with Crippen LogP contribution in [0.4, 0.5) is 0 Å². The average Bonchev–Trinajstić information content (AvgIpc) is 3.53. The second-order valence-corrected chi connectivity index (χ2v) is 6.46. The standard InChI is InChI=1S/C23H18N4O5/c28-22(18-10-5-2-6-11-18)31-14-15-32-23(29)20(16-19-12-7-13-30-19)27-21(24-25-26-27)17-8-3-1-4-9-17/h1-13,16H,14-15H2/b20-16-. The van der Waals surface area contributed by atoms with Crippen molar-refractivity contribution in [3.63, 3.8) is 0 Å². The van der Waals surface area contributed by atoms with Crippen LogP contribution in [0, 0.1) is 0 Å². The fourth-order valence-corrected chi connectivity index (χ4v) is 2.83. The molecule has 0 saturated carbocycles. The molecule has 2 heterocycles. The largest absolute Gasteiger partial charge is 0.465 e. The number of carbonyl (C=O) groups excluding carboxylic acids is 2. The summed E-state index contributed by atoms with van der Waals surface area (Å²) >= 11 is 0. The first-order chi connectivity index (χ1) is 15.7. The molecule has 0 aliphatic carbocycles. The molecule has 0 fully saturated rings. The third kappa shape index (κ3) is 4.96. The molecule has 0 aliphatic rings. The molecule has 9 nitrogen and oxygen atoms in total. The molecule has 0 saturated heterocycles. The summed E-state index contributed by atoms with van der Waals surface area (Å²) in [6.07, 6.45) is 2.95. The molecule has 32 heavy (non-hydrogen) atoms. The average molecular weight is 430 g/mol. The Kier molecular flexibility index (Phi) is 6.47. The lowest BCUT2D eigenvalue weighted by molar-refractivity contribution is -0.138. The minimum atomic E-state index is -0.707. The summed E-state index contributed by atoms with van der Waals surface area (Å²) in [6, 6.07) is 21.1. The Morgan fingerprint density at radius 1 is 0.906 bits per heavy atom. The summed E-state index contributed by atoms with van der Waals surface area (Å²) in [7, 11) is 0. The predicted octanol–water partition coefficient (Wildman–Crippen LogP) is 3.33. The Hall–Kier alpha value is -4.53. The predicted molar refractivity (Wildman–Crippen MR) is 114 cm³/mol. The molecule has 160 valence electrons. The van der Waals surface area contributed by atoms with Gasteiger partial charge in [-0.25, -0.2) is 9.59 Å². The number of rotatable bonds is 8. The van der Waals surface area contributed by atoms with Gasteiger partial charge in [0.05, 0.1) is 11.8 Å². The van der Waals surface area contributed by atoms with Gasteiger partial charge >= 0.3 is 11.9 Å². The van der Waals surface area contributed by atoms with Gasteiger partial charge in [0.2, 0.25) is 0 Å². The second kappa shape index (κ2) is 9.98. The van der Waals surface area contributed by atoms with Gasteiger partial charge in [-0.3, -0.25) is 0 Å². The topological polar surface area (TPSA) is 109 Å². The lowest BCUT2D eigenvalue weighted by atomic mass is 10.2. The Morgan fingerprint density at radius 3 is 2.34 bits per heavy atom. The van der Waals surface area contributed by atoms with Crippen molar-refractivity contribution in [2.75, 3.05) is 13.2 Å². The molecule has 0 amide bonds. The second-order valence-electron chi connectivity index (χ2n) is 6.46. The molecule has 0 unspecified atom stereocenters. The van der Waals surface area contributed by atoms with Crippen LogP contribution in [-0.4, -0.2) is 45.4 Å². The molecule has 0 radical (unpaired) electrons. The van der Waals surface area contributed by atoms with Gasteiger partial charge in [-0.1, -0.05) is 48.5 Å². The van der Waals surface area contributed by atoms with E-state index in [-0.39, 0.29) is 18.9 Å². The number of carbonyl (C=O) groups is 2. The van der Waals surface area contributed by atoms with E-state index in [1.54, 1.807) is 42.5 Å². The third-order valence-electron chi connectivity index (χ3n) is 4.32. The summed E-state index contributed by atoms with van der Waals surface area (Å²) in [4.78, 5) is 24.9. The smallest absolute Gasteiger partial charge is 0.357 e. The molecule has 9 heteroatoms. The van der Waals surface area contributed by atoms with Crippen molar-refractivity contribution in [3.8, 4) is 11.4 Å². The van der Waals surface area contributed by atoms with Gasteiger partial charge in [-0.15, -0.1) is 5.10 Å². The van der Waals surface area contributed by atoms with Crippen molar-refractivity contribution >= 4 is 23.7 Å². The Balaban J connectivity index is 1.48. The van der Waals surface area contributed by atoms with Gasteiger partial charge in [0.15, 0.2) is 11.5 Å². The van der Waals surface area contributed by atoms with Gasteiger partial charge in [0, 0.05) is 11.6 Å². The van der Waals surface area contributed by atoms with E-state index in [4.69, 9.17) is 13.9 Å². The van der Waals surface area contributed by atoms with Crippen LogP contribution in [0.3, 0.4) is 0 Å². The first-order valence-corrected chi connectivity index (χ1v) is 9.71. The van der Waals surface area contributed by atoms with E-state index >= 15 is 0 Å². The van der Waals surface area contributed by atoms with E-state index in [9.17, 15) is 9.59 Å². The van der Waals surface area contributed by atoms with Crippen LogP contribution in [-0.2, 0) is 14.3 Å². The molecule has 2 aromatic carbocycles. The maximum atomic E-state index is 12.9. The summed E-state index contributed by atoms with van der Waals surface area (Å²) in [5.74, 6) is -0.431. The minimum Gasteiger partial charge on any atom is -0.465 e. The van der Waals surface area contributed by atoms with Crippen molar-refractivity contribution in [2.24, 2.45) is 0 Å². The van der Waals surface area contributed by atoms with E-state index < -0.39 is 11.9 Å². The number of furan rings is 1. The normalized spacial score (nSPS) is 11.2. The molecule has 4 rings (SSSR count). The van der Waals surface area contributed by atoms with Gasteiger partial charge in [0.1, 0.15) is 19.0 Å². The molecular formula is C23H18N4O5. The molecule has 0 bridgehead atoms. The van der Waals surface area contributed by atoms with E-state index in [0.717, 1.165) is 0 Å². The summed E-state index contributed by atoms with van der Waals surface area (Å²) in [5.41, 5.74) is 1.17. The maximum absolute atomic E-state index is 12.9. The number of ether oxygens (including phenoxy) is 2. The van der Waals surface area contributed by atoms with E-state index in [0.29, 0.717) is 22.7 Å². The van der Waals surface area contributed by atoms with Gasteiger partial charge < -0.3 is 13.9 Å². The zero-order valence-electron chi connectivity index (χ0n) is 16.8. The van der Waals surface area contributed by atoms with Crippen LogP contribution in [0.25, 0.3) is 23.2 Å². The van der Waals surface area contributed by atoms with Crippen molar-refractivity contribution in [3.05, 3.63) is 90.4 Å².